The van der Waals surface area contributed by atoms with Crippen molar-refractivity contribution in [3.63, 3.8) is 0 Å². The molecule has 2 fully saturated rings. The minimum atomic E-state index is -0.967. The molecule has 9 nitrogen and oxygen atoms in total. The first-order valence-electron chi connectivity index (χ1n) is 14.1. The standard InChI is InChI=1S/C30H38N4O5/c1-19(2)18-39-22-12-14-33(15-13-22)17-21-8-6-20(7-9-21)16-31-24-5-3-4-23-27(24)30(38)34(29(23)37)25-10-11-26(35)32-28(25)36/h3-6,8-9,19-20,22,25,31H,7,10-18H2,1-2H3,(H,32,35,36). The average molecular weight is 535 g/mol. The van der Waals surface area contributed by atoms with Crippen LogP contribution in [0.25, 0.3) is 0 Å². The number of fused-ring (bicyclic) bond motifs is 1. The Morgan fingerprint density at radius 3 is 2.56 bits per heavy atom. The van der Waals surface area contributed by atoms with Gasteiger partial charge in [-0.1, -0.05) is 38.1 Å². The van der Waals surface area contributed by atoms with Gasteiger partial charge in [0.25, 0.3) is 11.8 Å². The number of carbonyl (C=O) groups is 4. The molecule has 0 saturated carbocycles. The van der Waals surface area contributed by atoms with Crippen molar-refractivity contribution >= 4 is 29.3 Å². The number of nitrogens with zero attached hydrogens (tertiary/aromatic N) is 2. The Kier molecular flexibility index (Phi) is 8.28. The van der Waals surface area contributed by atoms with Crippen molar-refractivity contribution in [1.82, 2.24) is 15.1 Å². The van der Waals surface area contributed by atoms with Crippen molar-refractivity contribution in [3.05, 3.63) is 53.1 Å². The normalized spacial score (nSPS) is 24.3. The molecule has 2 atom stereocenters. The van der Waals surface area contributed by atoms with Crippen molar-refractivity contribution in [2.45, 2.75) is 58.1 Å². The summed E-state index contributed by atoms with van der Waals surface area (Å²) in [7, 11) is 0. The van der Waals surface area contributed by atoms with E-state index < -0.39 is 23.8 Å². The Labute approximate surface area is 229 Å². The number of carbonyl (C=O) groups excluding carboxylic acids is 4. The van der Waals surface area contributed by atoms with Crippen LogP contribution in [-0.2, 0) is 14.3 Å². The van der Waals surface area contributed by atoms with Gasteiger partial charge in [0.2, 0.25) is 11.8 Å². The molecule has 2 unspecified atom stereocenters. The van der Waals surface area contributed by atoms with Crippen LogP contribution in [0.5, 0.6) is 0 Å². The highest BCUT2D eigenvalue weighted by molar-refractivity contribution is 6.25. The molecule has 208 valence electrons. The van der Waals surface area contributed by atoms with Crippen LogP contribution in [0.1, 0.15) is 66.7 Å². The molecule has 1 aliphatic carbocycles. The minimum Gasteiger partial charge on any atom is -0.384 e. The smallest absolute Gasteiger partial charge is 0.264 e. The molecule has 5 rings (SSSR count). The number of likely N-dealkylation sites (tertiary alicyclic amines) is 1. The van der Waals surface area contributed by atoms with Crippen LogP contribution in [0.3, 0.4) is 0 Å². The number of rotatable bonds is 9. The van der Waals surface area contributed by atoms with Gasteiger partial charge in [0, 0.05) is 44.9 Å². The van der Waals surface area contributed by atoms with Crippen molar-refractivity contribution in [3.8, 4) is 0 Å². The molecule has 39 heavy (non-hydrogen) atoms. The van der Waals surface area contributed by atoms with Crippen molar-refractivity contribution < 1.29 is 23.9 Å². The zero-order valence-electron chi connectivity index (χ0n) is 22.8. The van der Waals surface area contributed by atoms with E-state index in [1.54, 1.807) is 18.2 Å². The summed E-state index contributed by atoms with van der Waals surface area (Å²) in [5, 5.41) is 5.60. The lowest BCUT2D eigenvalue weighted by Gasteiger charge is -2.33. The van der Waals surface area contributed by atoms with Crippen LogP contribution in [0.15, 0.2) is 42.0 Å². The summed E-state index contributed by atoms with van der Waals surface area (Å²) in [5.74, 6) is -1.14. The van der Waals surface area contributed by atoms with E-state index in [9.17, 15) is 19.2 Å². The first-order valence-corrected chi connectivity index (χ1v) is 14.1. The molecule has 1 aromatic carbocycles. The van der Waals surface area contributed by atoms with E-state index in [0.29, 0.717) is 29.8 Å². The van der Waals surface area contributed by atoms with Gasteiger partial charge in [-0.2, -0.15) is 0 Å². The van der Waals surface area contributed by atoms with Crippen molar-refractivity contribution in [2.24, 2.45) is 11.8 Å². The van der Waals surface area contributed by atoms with Crippen LogP contribution >= 0.6 is 0 Å². The Balaban J connectivity index is 1.13. The summed E-state index contributed by atoms with van der Waals surface area (Å²) in [6, 6.07) is 4.18. The quantitative estimate of drug-likeness (QED) is 0.469. The van der Waals surface area contributed by atoms with Gasteiger partial charge in [0.1, 0.15) is 6.04 Å². The second kappa shape index (κ2) is 11.8. The maximum Gasteiger partial charge on any atom is 0.264 e. The zero-order valence-corrected chi connectivity index (χ0v) is 22.8. The maximum atomic E-state index is 13.3. The molecule has 1 aromatic rings. The molecule has 4 aliphatic rings. The number of benzene rings is 1. The highest BCUT2D eigenvalue weighted by atomic mass is 16.5. The van der Waals surface area contributed by atoms with Gasteiger partial charge in [-0.25, -0.2) is 0 Å². The van der Waals surface area contributed by atoms with E-state index in [2.05, 4.69) is 47.6 Å². The van der Waals surface area contributed by atoms with Gasteiger partial charge in [0.15, 0.2) is 0 Å². The maximum absolute atomic E-state index is 13.3. The van der Waals surface area contributed by atoms with Crippen molar-refractivity contribution in [2.75, 3.05) is 38.1 Å². The number of piperidine rings is 2. The van der Waals surface area contributed by atoms with Gasteiger partial charge < -0.3 is 10.1 Å². The molecule has 2 saturated heterocycles. The van der Waals surface area contributed by atoms with Gasteiger partial charge in [-0.05, 0) is 55.2 Å². The summed E-state index contributed by atoms with van der Waals surface area (Å²) < 4.78 is 6.01. The summed E-state index contributed by atoms with van der Waals surface area (Å²) in [5.41, 5.74) is 2.50. The predicted octanol–water partition coefficient (Wildman–Crippen LogP) is 3.14. The summed E-state index contributed by atoms with van der Waals surface area (Å²) in [4.78, 5) is 53.7. The fourth-order valence-corrected chi connectivity index (χ4v) is 5.70. The lowest BCUT2D eigenvalue weighted by atomic mass is 9.95. The first kappa shape index (κ1) is 27.3. The van der Waals surface area contributed by atoms with E-state index in [1.165, 1.54) is 5.57 Å². The second-order valence-corrected chi connectivity index (χ2v) is 11.4. The summed E-state index contributed by atoms with van der Waals surface area (Å²) in [6.07, 6.45) is 10.4. The zero-order chi connectivity index (χ0) is 27.5. The first-order chi connectivity index (χ1) is 18.8. The molecule has 4 amide bonds. The number of ether oxygens (including phenoxy) is 1. The Bertz CT molecular complexity index is 1200. The number of imide groups is 2. The molecule has 0 aromatic heterocycles. The van der Waals surface area contributed by atoms with E-state index in [0.717, 1.165) is 50.4 Å². The summed E-state index contributed by atoms with van der Waals surface area (Å²) >= 11 is 0. The number of amides is 4. The molecule has 9 heteroatoms. The van der Waals surface area contributed by atoms with Crippen LogP contribution in [0.2, 0.25) is 0 Å². The van der Waals surface area contributed by atoms with E-state index in [-0.39, 0.29) is 30.2 Å². The molecule has 0 bridgehead atoms. The third kappa shape index (κ3) is 6.15. The van der Waals surface area contributed by atoms with Gasteiger partial charge in [-0.3, -0.25) is 34.3 Å². The van der Waals surface area contributed by atoms with Gasteiger partial charge in [-0.15, -0.1) is 0 Å². The summed E-state index contributed by atoms with van der Waals surface area (Å²) in [6.45, 7) is 8.89. The van der Waals surface area contributed by atoms with E-state index in [1.807, 2.05) is 0 Å². The van der Waals surface area contributed by atoms with Crippen molar-refractivity contribution in [1.29, 1.82) is 0 Å². The Morgan fingerprint density at radius 1 is 1.08 bits per heavy atom. The average Bonchev–Trinajstić information content (AvgIpc) is 3.18. The number of anilines is 1. The highest BCUT2D eigenvalue weighted by Crippen LogP contribution is 2.33. The lowest BCUT2D eigenvalue weighted by Crippen LogP contribution is -2.54. The minimum absolute atomic E-state index is 0.101. The fourth-order valence-electron chi connectivity index (χ4n) is 5.70. The number of hydrogen-bond donors (Lipinski definition) is 2. The number of nitrogens with one attached hydrogen (secondary N) is 2. The van der Waals surface area contributed by atoms with Gasteiger partial charge in [0.05, 0.1) is 17.2 Å². The van der Waals surface area contributed by atoms with Crippen LogP contribution < -0.4 is 10.6 Å². The molecule has 2 N–H and O–H groups in total. The third-order valence-corrected chi connectivity index (χ3v) is 7.89. The Hall–Kier alpha value is -3.30. The monoisotopic (exact) mass is 534 g/mol. The molecule has 0 spiro atoms. The number of allylic oxidation sites excluding steroid dienone is 1. The van der Waals surface area contributed by atoms with Crippen LogP contribution in [0, 0.1) is 11.8 Å². The largest absolute Gasteiger partial charge is 0.384 e. The SMILES string of the molecule is CC(C)COC1CCN(CC2=CCC(CNc3cccc4c3C(=O)N(C3CCC(=O)NC3=O)C4=O)C=C2)CC1. The van der Waals surface area contributed by atoms with Crippen LogP contribution in [-0.4, -0.2) is 78.4 Å². The predicted molar refractivity (Wildman–Crippen MR) is 147 cm³/mol. The highest BCUT2D eigenvalue weighted by Gasteiger charge is 2.45. The topological polar surface area (TPSA) is 108 Å². The third-order valence-electron chi connectivity index (χ3n) is 7.89. The second-order valence-electron chi connectivity index (χ2n) is 11.4. The Morgan fingerprint density at radius 2 is 1.87 bits per heavy atom. The molecule has 0 radical (unpaired) electrons. The van der Waals surface area contributed by atoms with Gasteiger partial charge >= 0.3 is 0 Å². The molecule has 3 heterocycles. The molecular formula is C30H38N4O5. The molecule has 3 aliphatic heterocycles. The fraction of sp³-hybridized carbons (Fsp3) is 0.533. The van der Waals surface area contributed by atoms with E-state index in [4.69, 9.17) is 4.74 Å². The van der Waals surface area contributed by atoms with E-state index >= 15 is 0 Å². The number of hydrogen-bond acceptors (Lipinski definition) is 7. The lowest BCUT2D eigenvalue weighted by molar-refractivity contribution is -0.136. The van der Waals surface area contributed by atoms with Crippen LogP contribution in [0.4, 0.5) is 5.69 Å². The molecular weight excluding hydrogens is 496 g/mol.